The van der Waals surface area contributed by atoms with Gasteiger partial charge in [0.1, 0.15) is 5.82 Å². The van der Waals surface area contributed by atoms with Gasteiger partial charge in [0, 0.05) is 12.7 Å². The van der Waals surface area contributed by atoms with Crippen molar-refractivity contribution in [2.45, 2.75) is 19.3 Å². The Kier molecular flexibility index (Phi) is 2.95. The predicted octanol–water partition coefficient (Wildman–Crippen LogP) is 1.24. The highest BCUT2D eigenvalue weighted by Crippen LogP contribution is 2.41. The van der Waals surface area contributed by atoms with Gasteiger partial charge in [-0.15, -0.1) is 0 Å². The second-order valence-corrected chi connectivity index (χ2v) is 5.26. The van der Waals surface area contributed by atoms with Crippen LogP contribution in [0.4, 0.5) is 5.82 Å². The summed E-state index contributed by atoms with van der Waals surface area (Å²) in [5.41, 5.74) is -0.178. The van der Waals surface area contributed by atoms with Gasteiger partial charge in [-0.05, 0) is 50.0 Å². The third-order valence-electron chi connectivity index (χ3n) is 3.96. The Bertz CT molecular complexity index is 473. The fraction of sp³-hybridized carbons (Fsp3) is 0.583. The van der Waals surface area contributed by atoms with Crippen LogP contribution in [0.1, 0.15) is 19.3 Å². The van der Waals surface area contributed by atoms with E-state index in [0.717, 1.165) is 38.9 Å². The molecule has 1 amide bonds. The molecule has 1 aromatic rings. The Labute approximate surface area is 111 Å². The van der Waals surface area contributed by atoms with Gasteiger partial charge in [0.05, 0.1) is 5.41 Å². The molecule has 0 aliphatic carbocycles. The van der Waals surface area contributed by atoms with Gasteiger partial charge in [0.15, 0.2) is 0 Å². The molecule has 3 rings (SSSR count). The Hall–Kier alpha value is -1.20. The number of piperidine rings is 1. The first-order valence-electron chi connectivity index (χ1n) is 6.23. The van der Waals surface area contributed by atoms with Gasteiger partial charge in [-0.1, -0.05) is 0 Å². The van der Waals surface area contributed by atoms with Crippen LogP contribution in [-0.2, 0) is 4.79 Å². The summed E-state index contributed by atoms with van der Waals surface area (Å²) in [4.78, 5) is 22.3. The molecule has 96 valence electrons. The third-order valence-corrected chi connectivity index (χ3v) is 4.14. The Morgan fingerprint density at radius 2 is 2.11 bits per heavy atom. The van der Waals surface area contributed by atoms with E-state index in [2.05, 4.69) is 15.3 Å². The fourth-order valence-electron chi connectivity index (χ4n) is 2.88. The number of hydrogen-bond donors (Lipinski definition) is 1. The summed E-state index contributed by atoms with van der Waals surface area (Å²) in [6.07, 6.45) is 4.34. The lowest BCUT2D eigenvalue weighted by atomic mass is 9.78. The summed E-state index contributed by atoms with van der Waals surface area (Å²) in [6.45, 7) is 2.57. The van der Waals surface area contributed by atoms with Crippen molar-refractivity contribution in [3.8, 4) is 0 Å². The smallest absolute Gasteiger partial charge is 0.234 e. The number of nitrogens with zero attached hydrogens (tertiary/aromatic N) is 3. The van der Waals surface area contributed by atoms with Crippen LogP contribution in [0.25, 0.3) is 0 Å². The summed E-state index contributed by atoms with van der Waals surface area (Å²) >= 11 is 5.78. The minimum absolute atomic E-state index is 0.178. The van der Waals surface area contributed by atoms with Gasteiger partial charge >= 0.3 is 0 Å². The van der Waals surface area contributed by atoms with Crippen LogP contribution in [-0.4, -0.2) is 35.5 Å². The van der Waals surface area contributed by atoms with Gasteiger partial charge in [0.2, 0.25) is 11.2 Å². The average molecular weight is 267 g/mol. The minimum Gasteiger partial charge on any atom is -0.317 e. The largest absolute Gasteiger partial charge is 0.317 e. The zero-order valence-corrected chi connectivity index (χ0v) is 10.8. The molecule has 2 saturated heterocycles. The molecule has 6 heteroatoms. The van der Waals surface area contributed by atoms with Crippen molar-refractivity contribution in [2.24, 2.45) is 5.41 Å². The summed E-state index contributed by atoms with van der Waals surface area (Å²) in [5.74, 6) is 0.814. The van der Waals surface area contributed by atoms with Crippen molar-refractivity contribution in [1.82, 2.24) is 15.3 Å². The lowest BCUT2D eigenvalue weighted by Crippen LogP contribution is -2.42. The van der Waals surface area contributed by atoms with Crippen LogP contribution in [0.5, 0.6) is 0 Å². The highest BCUT2D eigenvalue weighted by molar-refractivity contribution is 6.28. The quantitative estimate of drug-likeness (QED) is 0.777. The minimum atomic E-state index is -0.178. The molecule has 3 heterocycles. The van der Waals surface area contributed by atoms with Gasteiger partial charge in [0.25, 0.3) is 0 Å². The summed E-state index contributed by atoms with van der Waals surface area (Å²) in [5, 5.41) is 3.49. The molecule has 2 aliphatic heterocycles. The molecule has 2 fully saturated rings. The molecule has 5 nitrogen and oxygen atoms in total. The monoisotopic (exact) mass is 266 g/mol. The first-order chi connectivity index (χ1) is 8.71. The van der Waals surface area contributed by atoms with E-state index in [9.17, 15) is 4.79 Å². The summed E-state index contributed by atoms with van der Waals surface area (Å²) in [7, 11) is 0. The lowest BCUT2D eigenvalue weighted by Gasteiger charge is -2.31. The molecule has 0 radical (unpaired) electrons. The van der Waals surface area contributed by atoms with E-state index in [0.29, 0.717) is 5.82 Å². The number of halogens is 1. The van der Waals surface area contributed by atoms with E-state index in [1.54, 1.807) is 17.2 Å². The van der Waals surface area contributed by atoms with Crippen LogP contribution in [0.2, 0.25) is 5.28 Å². The van der Waals surface area contributed by atoms with Crippen molar-refractivity contribution in [1.29, 1.82) is 0 Å². The molecule has 0 unspecified atom stereocenters. The third kappa shape index (κ3) is 1.87. The highest BCUT2D eigenvalue weighted by Gasteiger charge is 2.47. The molecule has 1 aromatic heterocycles. The zero-order chi connectivity index (χ0) is 12.6. The lowest BCUT2D eigenvalue weighted by molar-refractivity contribution is -0.126. The topological polar surface area (TPSA) is 58.1 Å². The number of rotatable bonds is 1. The normalized spacial score (nSPS) is 22.7. The predicted molar refractivity (Wildman–Crippen MR) is 68.5 cm³/mol. The summed E-state index contributed by atoms with van der Waals surface area (Å²) in [6, 6.07) is 1.74. The molecule has 1 N–H and O–H groups in total. The molecule has 2 aliphatic rings. The first-order valence-corrected chi connectivity index (χ1v) is 6.60. The number of amides is 1. The van der Waals surface area contributed by atoms with E-state index in [-0.39, 0.29) is 16.6 Å². The van der Waals surface area contributed by atoms with E-state index in [1.165, 1.54) is 0 Å². The van der Waals surface area contributed by atoms with E-state index in [1.807, 2.05) is 0 Å². The molecular formula is C12H15ClN4O. The van der Waals surface area contributed by atoms with E-state index < -0.39 is 0 Å². The summed E-state index contributed by atoms with van der Waals surface area (Å²) < 4.78 is 0. The van der Waals surface area contributed by atoms with Crippen LogP contribution >= 0.6 is 11.6 Å². The van der Waals surface area contributed by atoms with Crippen LogP contribution in [0, 0.1) is 5.41 Å². The van der Waals surface area contributed by atoms with Crippen LogP contribution < -0.4 is 10.2 Å². The van der Waals surface area contributed by atoms with Crippen molar-refractivity contribution < 1.29 is 4.79 Å². The van der Waals surface area contributed by atoms with Gasteiger partial charge in [-0.2, -0.15) is 0 Å². The number of carbonyl (C=O) groups excluding carboxylic acids is 1. The van der Waals surface area contributed by atoms with Crippen LogP contribution in [0.15, 0.2) is 12.3 Å². The van der Waals surface area contributed by atoms with E-state index >= 15 is 0 Å². The standard InChI is InChI=1S/C12H15ClN4O/c13-11-15-5-1-9(16-11)17-8-4-12(10(17)18)2-6-14-7-3-12/h1,5,14H,2-4,6-8H2. The Morgan fingerprint density at radius 3 is 2.83 bits per heavy atom. The maximum absolute atomic E-state index is 12.6. The first kappa shape index (κ1) is 11.9. The Morgan fingerprint density at radius 1 is 1.33 bits per heavy atom. The van der Waals surface area contributed by atoms with Crippen molar-refractivity contribution >= 4 is 23.3 Å². The number of carbonyl (C=O) groups is 1. The van der Waals surface area contributed by atoms with Crippen molar-refractivity contribution in [3.63, 3.8) is 0 Å². The second kappa shape index (κ2) is 4.48. The number of aromatic nitrogens is 2. The molecule has 0 bridgehead atoms. The number of hydrogen-bond acceptors (Lipinski definition) is 4. The van der Waals surface area contributed by atoms with Gasteiger partial charge in [-0.25, -0.2) is 9.97 Å². The highest BCUT2D eigenvalue weighted by atomic mass is 35.5. The maximum Gasteiger partial charge on any atom is 0.234 e. The molecule has 0 aromatic carbocycles. The molecule has 0 saturated carbocycles. The van der Waals surface area contributed by atoms with Gasteiger partial charge in [-0.3, -0.25) is 9.69 Å². The Balaban J connectivity index is 1.86. The second-order valence-electron chi connectivity index (χ2n) is 4.92. The number of anilines is 1. The molecular weight excluding hydrogens is 252 g/mol. The molecule has 0 atom stereocenters. The van der Waals surface area contributed by atoms with Crippen LogP contribution in [0.3, 0.4) is 0 Å². The maximum atomic E-state index is 12.6. The fourth-order valence-corrected chi connectivity index (χ4v) is 3.03. The van der Waals surface area contributed by atoms with Crippen molar-refractivity contribution in [3.05, 3.63) is 17.5 Å². The average Bonchev–Trinajstić information content (AvgIpc) is 2.68. The SMILES string of the molecule is O=C1N(c2ccnc(Cl)n2)CCC12CCNCC2. The zero-order valence-electron chi connectivity index (χ0n) is 10.0. The van der Waals surface area contributed by atoms with Gasteiger partial charge < -0.3 is 5.32 Å². The van der Waals surface area contributed by atoms with E-state index in [4.69, 9.17) is 11.6 Å². The van der Waals surface area contributed by atoms with Crippen molar-refractivity contribution in [2.75, 3.05) is 24.5 Å². The number of nitrogens with one attached hydrogen (secondary N) is 1. The molecule has 18 heavy (non-hydrogen) atoms. The molecule has 1 spiro atoms.